The summed E-state index contributed by atoms with van der Waals surface area (Å²) in [5.41, 5.74) is 1.74. The number of urea groups is 1. The monoisotopic (exact) mass is 367 g/mol. The molecule has 0 atom stereocenters. The van der Waals surface area contributed by atoms with Gasteiger partial charge in [0.05, 0.1) is 13.5 Å². The largest absolute Gasteiger partial charge is 0.497 e. The van der Waals surface area contributed by atoms with Crippen molar-refractivity contribution in [2.75, 3.05) is 25.5 Å². The Morgan fingerprint density at radius 3 is 2.33 bits per heavy atom. The van der Waals surface area contributed by atoms with Crippen LogP contribution in [-0.2, 0) is 11.2 Å². The van der Waals surface area contributed by atoms with Crippen molar-refractivity contribution in [1.82, 2.24) is 10.2 Å². The number of piperidine rings is 1. The quantitative estimate of drug-likeness (QED) is 0.853. The SMILES string of the molecule is COc1ccc(CC(=O)NC2CCN(C(=O)Nc3ccccc3)CC2)cc1. The Labute approximate surface area is 159 Å². The second-order valence-electron chi connectivity index (χ2n) is 6.65. The zero-order chi connectivity index (χ0) is 19.1. The summed E-state index contributed by atoms with van der Waals surface area (Å²) < 4.78 is 5.12. The molecule has 0 unspecified atom stereocenters. The number of hydrogen-bond donors (Lipinski definition) is 2. The molecule has 2 aromatic rings. The van der Waals surface area contributed by atoms with Gasteiger partial charge in [0.1, 0.15) is 5.75 Å². The summed E-state index contributed by atoms with van der Waals surface area (Å²) >= 11 is 0. The molecule has 0 bridgehead atoms. The van der Waals surface area contributed by atoms with Crippen LogP contribution >= 0.6 is 0 Å². The lowest BCUT2D eigenvalue weighted by atomic mass is 10.0. The molecule has 2 aromatic carbocycles. The maximum absolute atomic E-state index is 12.3. The molecule has 1 fully saturated rings. The number of methoxy groups -OCH3 is 1. The van der Waals surface area contributed by atoms with Gasteiger partial charge in [-0.05, 0) is 42.7 Å². The molecular formula is C21H25N3O3. The molecular weight excluding hydrogens is 342 g/mol. The number of carbonyl (C=O) groups excluding carboxylic acids is 2. The number of benzene rings is 2. The van der Waals surface area contributed by atoms with Crippen LogP contribution in [0.1, 0.15) is 18.4 Å². The Hall–Kier alpha value is -3.02. The van der Waals surface area contributed by atoms with Crippen LogP contribution in [0, 0.1) is 0 Å². The fourth-order valence-electron chi connectivity index (χ4n) is 3.16. The van der Waals surface area contributed by atoms with Crippen molar-refractivity contribution in [3.63, 3.8) is 0 Å². The normalized spacial score (nSPS) is 14.5. The fraction of sp³-hybridized carbons (Fsp3) is 0.333. The average Bonchev–Trinajstić information content (AvgIpc) is 2.70. The van der Waals surface area contributed by atoms with Gasteiger partial charge in [-0.1, -0.05) is 30.3 Å². The third kappa shape index (κ3) is 5.48. The van der Waals surface area contributed by atoms with Gasteiger partial charge in [-0.25, -0.2) is 4.79 Å². The summed E-state index contributed by atoms with van der Waals surface area (Å²) in [5.74, 6) is 0.785. The number of ether oxygens (including phenoxy) is 1. The van der Waals surface area contributed by atoms with Crippen molar-refractivity contribution in [3.05, 3.63) is 60.2 Å². The summed E-state index contributed by atoms with van der Waals surface area (Å²) in [6.45, 7) is 1.26. The van der Waals surface area contributed by atoms with Gasteiger partial charge in [0.2, 0.25) is 5.91 Å². The highest BCUT2D eigenvalue weighted by Crippen LogP contribution is 2.15. The summed E-state index contributed by atoms with van der Waals surface area (Å²) in [6, 6.07) is 16.9. The number of nitrogens with one attached hydrogen (secondary N) is 2. The molecule has 27 heavy (non-hydrogen) atoms. The maximum atomic E-state index is 12.3. The van der Waals surface area contributed by atoms with Crippen LogP contribution in [-0.4, -0.2) is 43.1 Å². The minimum atomic E-state index is -0.0933. The molecule has 3 amide bonds. The van der Waals surface area contributed by atoms with E-state index in [1.165, 1.54) is 0 Å². The van der Waals surface area contributed by atoms with Crippen LogP contribution in [0.15, 0.2) is 54.6 Å². The van der Waals surface area contributed by atoms with E-state index in [0.717, 1.165) is 29.8 Å². The minimum Gasteiger partial charge on any atom is -0.497 e. The van der Waals surface area contributed by atoms with Gasteiger partial charge < -0.3 is 20.3 Å². The fourth-order valence-corrected chi connectivity index (χ4v) is 3.16. The van der Waals surface area contributed by atoms with E-state index in [4.69, 9.17) is 4.74 Å². The zero-order valence-corrected chi connectivity index (χ0v) is 15.5. The van der Waals surface area contributed by atoms with Gasteiger partial charge >= 0.3 is 6.03 Å². The minimum absolute atomic E-state index is 0.00681. The highest BCUT2D eigenvalue weighted by molar-refractivity contribution is 5.89. The lowest BCUT2D eigenvalue weighted by Crippen LogP contribution is -2.48. The highest BCUT2D eigenvalue weighted by Gasteiger charge is 2.23. The van der Waals surface area contributed by atoms with Crippen LogP contribution in [0.5, 0.6) is 5.75 Å². The van der Waals surface area contributed by atoms with E-state index in [9.17, 15) is 9.59 Å². The number of amides is 3. The maximum Gasteiger partial charge on any atom is 0.321 e. The Balaban J connectivity index is 1.42. The molecule has 1 saturated heterocycles. The van der Waals surface area contributed by atoms with Crippen LogP contribution in [0.3, 0.4) is 0 Å². The van der Waals surface area contributed by atoms with Gasteiger partial charge in [-0.2, -0.15) is 0 Å². The smallest absolute Gasteiger partial charge is 0.321 e. The van der Waals surface area contributed by atoms with E-state index in [1.807, 2.05) is 54.6 Å². The number of anilines is 1. The van der Waals surface area contributed by atoms with E-state index in [1.54, 1.807) is 12.0 Å². The lowest BCUT2D eigenvalue weighted by Gasteiger charge is -2.32. The van der Waals surface area contributed by atoms with E-state index >= 15 is 0 Å². The first-order chi connectivity index (χ1) is 13.1. The molecule has 0 aromatic heterocycles. The molecule has 0 saturated carbocycles. The van der Waals surface area contributed by atoms with Crippen molar-refractivity contribution in [2.45, 2.75) is 25.3 Å². The molecule has 6 nitrogen and oxygen atoms in total. The summed E-state index contributed by atoms with van der Waals surface area (Å²) in [5, 5.41) is 5.98. The van der Waals surface area contributed by atoms with Crippen molar-refractivity contribution in [3.8, 4) is 5.75 Å². The molecule has 1 aliphatic rings. The third-order valence-corrected chi connectivity index (χ3v) is 4.70. The highest BCUT2D eigenvalue weighted by atomic mass is 16.5. The third-order valence-electron chi connectivity index (χ3n) is 4.70. The Morgan fingerprint density at radius 2 is 1.70 bits per heavy atom. The first kappa shape index (κ1) is 18.8. The Bertz CT molecular complexity index is 754. The molecule has 0 aliphatic carbocycles. The number of rotatable bonds is 5. The number of likely N-dealkylation sites (tertiary alicyclic amines) is 1. The van der Waals surface area contributed by atoms with Gasteiger partial charge in [0.15, 0.2) is 0 Å². The molecule has 6 heteroatoms. The van der Waals surface area contributed by atoms with Gasteiger partial charge in [-0.15, -0.1) is 0 Å². The molecule has 142 valence electrons. The van der Waals surface area contributed by atoms with Crippen LogP contribution in [0.2, 0.25) is 0 Å². The molecule has 2 N–H and O–H groups in total. The molecule has 3 rings (SSSR count). The first-order valence-corrected chi connectivity index (χ1v) is 9.17. The predicted octanol–water partition coefficient (Wildman–Crippen LogP) is 3.05. The standard InChI is InChI=1S/C21H25N3O3/c1-27-19-9-7-16(8-10-19)15-20(25)22-18-11-13-24(14-12-18)21(26)23-17-5-3-2-4-6-17/h2-10,18H,11-15H2,1H3,(H,22,25)(H,23,26). The van der Waals surface area contributed by atoms with Gasteiger partial charge in [-0.3, -0.25) is 4.79 Å². The van der Waals surface area contributed by atoms with E-state index in [-0.39, 0.29) is 18.0 Å². The zero-order valence-electron chi connectivity index (χ0n) is 15.5. The summed E-state index contributed by atoms with van der Waals surface area (Å²) in [7, 11) is 1.62. The van der Waals surface area contributed by atoms with Crippen LogP contribution < -0.4 is 15.4 Å². The van der Waals surface area contributed by atoms with E-state index < -0.39 is 0 Å². The Kier molecular flexibility index (Phi) is 6.30. The van der Waals surface area contributed by atoms with Crippen molar-refractivity contribution in [2.24, 2.45) is 0 Å². The van der Waals surface area contributed by atoms with Crippen molar-refractivity contribution in [1.29, 1.82) is 0 Å². The average molecular weight is 367 g/mol. The number of carbonyl (C=O) groups is 2. The van der Waals surface area contributed by atoms with Crippen LogP contribution in [0.4, 0.5) is 10.5 Å². The van der Waals surface area contributed by atoms with Gasteiger partial charge in [0.25, 0.3) is 0 Å². The van der Waals surface area contributed by atoms with Gasteiger partial charge in [0, 0.05) is 24.8 Å². The lowest BCUT2D eigenvalue weighted by molar-refractivity contribution is -0.121. The topological polar surface area (TPSA) is 70.7 Å². The molecule has 1 heterocycles. The van der Waals surface area contributed by atoms with Crippen LogP contribution in [0.25, 0.3) is 0 Å². The van der Waals surface area contributed by atoms with E-state index in [2.05, 4.69) is 10.6 Å². The van der Waals surface area contributed by atoms with Crippen molar-refractivity contribution < 1.29 is 14.3 Å². The summed E-state index contributed by atoms with van der Waals surface area (Å²) in [4.78, 5) is 26.4. The Morgan fingerprint density at radius 1 is 1.04 bits per heavy atom. The second-order valence-corrected chi connectivity index (χ2v) is 6.65. The molecule has 1 aliphatic heterocycles. The summed E-state index contributed by atoms with van der Waals surface area (Å²) in [6.07, 6.45) is 1.87. The molecule has 0 radical (unpaired) electrons. The first-order valence-electron chi connectivity index (χ1n) is 9.17. The van der Waals surface area contributed by atoms with E-state index in [0.29, 0.717) is 19.5 Å². The number of para-hydroxylation sites is 1. The predicted molar refractivity (Wildman–Crippen MR) is 105 cm³/mol. The second kappa shape index (κ2) is 9.07. The number of nitrogens with zero attached hydrogens (tertiary/aromatic N) is 1. The number of hydrogen-bond acceptors (Lipinski definition) is 3. The van der Waals surface area contributed by atoms with Crippen molar-refractivity contribution >= 4 is 17.6 Å². The molecule has 0 spiro atoms.